The molecule has 0 bridgehead atoms. The summed E-state index contributed by atoms with van der Waals surface area (Å²) in [6.07, 6.45) is 0. The Morgan fingerprint density at radius 2 is 1.77 bits per heavy atom. The Hall–Kier alpha value is -2.91. The van der Waals surface area contributed by atoms with Crippen molar-refractivity contribution in [1.82, 2.24) is 4.90 Å². The Bertz CT molecular complexity index is 1280. The molecule has 1 amide bonds. The fraction of sp³-hybridized carbons (Fsp3) is 0.318. The van der Waals surface area contributed by atoms with E-state index in [1.165, 1.54) is 24.3 Å². The monoisotopic (exact) mass is 446 g/mol. The van der Waals surface area contributed by atoms with Gasteiger partial charge in [0.05, 0.1) is 18.9 Å². The van der Waals surface area contributed by atoms with Crippen LogP contribution in [-0.2, 0) is 14.8 Å². The number of para-hydroxylation sites is 1. The number of aryl methyl sites for hydroxylation is 2. The summed E-state index contributed by atoms with van der Waals surface area (Å²) in [5.74, 6) is -0.895. The average Bonchev–Trinajstić information content (AvgIpc) is 3.06. The topological polar surface area (TPSA) is 88.9 Å². The molecule has 0 saturated carbocycles. The standard InChI is InChI=1S/C22H23FN2O5S/c1-13-12-16-15(3)19(22(26)25-8-10-29-11-9-25)30-20(16)21(14(13)2)31(27,28)24-18-7-5-4-6-17(18)23/h4-7,12,24H,8-11H2,1-3H3. The fourth-order valence-corrected chi connectivity index (χ4v) is 5.24. The third kappa shape index (κ3) is 3.79. The van der Waals surface area contributed by atoms with Gasteiger partial charge in [0.25, 0.3) is 15.9 Å². The molecule has 1 aliphatic rings. The summed E-state index contributed by atoms with van der Waals surface area (Å²) in [6.45, 7) is 6.93. The number of carbonyl (C=O) groups is 1. The van der Waals surface area contributed by atoms with E-state index in [4.69, 9.17) is 9.15 Å². The highest BCUT2D eigenvalue weighted by molar-refractivity contribution is 7.93. The molecule has 1 N–H and O–H groups in total. The van der Waals surface area contributed by atoms with Crippen molar-refractivity contribution in [2.75, 3.05) is 31.0 Å². The summed E-state index contributed by atoms with van der Waals surface area (Å²) in [7, 11) is -4.20. The van der Waals surface area contributed by atoms with Gasteiger partial charge < -0.3 is 14.1 Å². The number of halogens is 1. The molecule has 1 saturated heterocycles. The summed E-state index contributed by atoms with van der Waals surface area (Å²) in [5.41, 5.74) is 1.67. The molecule has 31 heavy (non-hydrogen) atoms. The zero-order chi connectivity index (χ0) is 22.3. The van der Waals surface area contributed by atoms with Crippen molar-refractivity contribution < 1.29 is 26.8 Å². The molecule has 1 aromatic heterocycles. The molecule has 9 heteroatoms. The second-order valence-electron chi connectivity index (χ2n) is 7.57. The number of fused-ring (bicyclic) bond motifs is 1. The first-order valence-corrected chi connectivity index (χ1v) is 11.4. The number of nitrogens with zero attached hydrogens (tertiary/aromatic N) is 1. The first-order valence-electron chi connectivity index (χ1n) is 9.88. The van der Waals surface area contributed by atoms with Gasteiger partial charge in [0, 0.05) is 24.0 Å². The summed E-state index contributed by atoms with van der Waals surface area (Å²) >= 11 is 0. The maximum atomic E-state index is 14.1. The van der Waals surface area contributed by atoms with Crippen molar-refractivity contribution in [2.45, 2.75) is 25.7 Å². The number of furan rings is 1. The molecule has 1 fully saturated rings. The molecular weight excluding hydrogens is 423 g/mol. The lowest BCUT2D eigenvalue weighted by Crippen LogP contribution is -2.40. The second kappa shape index (κ2) is 7.97. The third-order valence-electron chi connectivity index (χ3n) is 5.57. The van der Waals surface area contributed by atoms with Crippen LogP contribution in [0.5, 0.6) is 0 Å². The molecule has 0 radical (unpaired) electrons. The summed E-state index contributed by atoms with van der Waals surface area (Å²) in [4.78, 5) is 14.5. The van der Waals surface area contributed by atoms with Crippen LogP contribution in [0.3, 0.4) is 0 Å². The number of rotatable bonds is 4. The number of amides is 1. The van der Waals surface area contributed by atoms with Crippen LogP contribution in [-0.4, -0.2) is 45.5 Å². The Balaban J connectivity index is 1.86. The lowest BCUT2D eigenvalue weighted by molar-refractivity contribution is 0.0283. The van der Waals surface area contributed by atoms with E-state index in [-0.39, 0.29) is 27.8 Å². The second-order valence-corrected chi connectivity index (χ2v) is 9.19. The highest BCUT2D eigenvalue weighted by Crippen LogP contribution is 2.36. The molecule has 0 spiro atoms. The van der Waals surface area contributed by atoms with Crippen LogP contribution < -0.4 is 4.72 Å². The summed E-state index contributed by atoms with van der Waals surface area (Å²) in [5, 5.41) is 0.536. The van der Waals surface area contributed by atoms with Gasteiger partial charge in [-0.3, -0.25) is 9.52 Å². The number of benzene rings is 2. The zero-order valence-corrected chi connectivity index (χ0v) is 18.3. The van der Waals surface area contributed by atoms with E-state index >= 15 is 0 Å². The maximum absolute atomic E-state index is 14.1. The SMILES string of the molecule is Cc1cc2c(C)c(C(=O)N3CCOCC3)oc2c(S(=O)(=O)Nc2ccccc2F)c1C. The molecule has 1 aliphatic heterocycles. The molecule has 0 aliphatic carbocycles. The van der Waals surface area contributed by atoms with Crippen molar-refractivity contribution in [3.8, 4) is 0 Å². The smallest absolute Gasteiger partial charge is 0.290 e. The van der Waals surface area contributed by atoms with E-state index < -0.39 is 15.8 Å². The molecule has 2 heterocycles. The Morgan fingerprint density at radius 3 is 2.45 bits per heavy atom. The number of hydrogen-bond donors (Lipinski definition) is 1. The number of hydrogen-bond acceptors (Lipinski definition) is 5. The van der Waals surface area contributed by atoms with Gasteiger partial charge in [0.15, 0.2) is 11.3 Å². The van der Waals surface area contributed by atoms with Crippen molar-refractivity contribution in [1.29, 1.82) is 0 Å². The van der Waals surface area contributed by atoms with Crippen LogP contribution >= 0.6 is 0 Å². The van der Waals surface area contributed by atoms with Gasteiger partial charge in [-0.05, 0) is 50.1 Å². The minimum Gasteiger partial charge on any atom is -0.449 e. The van der Waals surface area contributed by atoms with Crippen LogP contribution in [0.1, 0.15) is 27.2 Å². The molecule has 0 atom stereocenters. The lowest BCUT2D eigenvalue weighted by Gasteiger charge is -2.26. The molecule has 7 nitrogen and oxygen atoms in total. The van der Waals surface area contributed by atoms with Gasteiger partial charge in [-0.25, -0.2) is 12.8 Å². The van der Waals surface area contributed by atoms with Crippen LogP contribution in [0.2, 0.25) is 0 Å². The van der Waals surface area contributed by atoms with E-state index in [0.717, 1.165) is 5.56 Å². The number of morpholine rings is 1. The van der Waals surface area contributed by atoms with E-state index in [1.807, 2.05) is 6.07 Å². The van der Waals surface area contributed by atoms with Crippen LogP contribution in [0.15, 0.2) is 39.6 Å². The molecule has 0 unspecified atom stereocenters. The van der Waals surface area contributed by atoms with E-state index in [1.54, 1.807) is 25.7 Å². The minimum atomic E-state index is -4.20. The number of anilines is 1. The largest absolute Gasteiger partial charge is 0.449 e. The Kier molecular flexibility index (Phi) is 5.49. The Morgan fingerprint density at radius 1 is 1.10 bits per heavy atom. The summed E-state index contributed by atoms with van der Waals surface area (Å²) < 4.78 is 54.2. The van der Waals surface area contributed by atoms with Crippen LogP contribution in [0, 0.1) is 26.6 Å². The van der Waals surface area contributed by atoms with Gasteiger partial charge in [-0.1, -0.05) is 12.1 Å². The molecule has 3 aromatic rings. The summed E-state index contributed by atoms with van der Waals surface area (Å²) in [6, 6.07) is 7.34. The van der Waals surface area contributed by atoms with Crippen molar-refractivity contribution in [3.05, 3.63) is 58.6 Å². The first kappa shape index (κ1) is 21.3. The molecule has 4 rings (SSSR count). The van der Waals surface area contributed by atoms with Gasteiger partial charge in [0.2, 0.25) is 0 Å². The van der Waals surface area contributed by atoms with Crippen LogP contribution in [0.4, 0.5) is 10.1 Å². The number of sulfonamides is 1. The Labute approximate surface area is 179 Å². The lowest BCUT2D eigenvalue weighted by atomic mass is 10.0. The maximum Gasteiger partial charge on any atom is 0.290 e. The third-order valence-corrected chi connectivity index (χ3v) is 7.09. The fourth-order valence-electron chi connectivity index (χ4n) is 3.72. The van der Waals surface area contributed by atoms with Gasteiger partial charge in [0.1, 0.15) is 10.7 Å². The van der Waals surface area contributed by atoms with Gasteiger partial charge in [-0.15, -0.1) is 0 Å². The predicted octanol–water partition coefficient (Wildman–Crippen LogP) is 3.77. The van der Waals surface area contributed by atoms with Crippen LogP contribution in [0.25, 0.3) is 11.0 Å². The minimum absolute atomic E-state index is 0.0843. The van der Waals surface area contributed by atoms with Crippen molar-refractivity contribution in [3.63, 3.8) is 0 Å². The average molecular weight is 447 g/mol. The highest BCUT2D eigenvalue weighted by atomic mass is 32.2. The molecular formula is C22H23FN2O5S. The molecule has 2 aromatic carbocycles. The quantitative estimate of drug-likeness (QED) is 0.659. The van der Waals surface area contributed by atoms with E-state index in [9.17, 15) is 17.6 Å². The normalized spacial score (nSPS) is 14.8. The number of carbonyl (C=O) groups excluding carboxylic acids is 1. The highest BCUT2D eigenvalue weighted by Gasteiger charge is 2.30. The number of ether oxygens (including phenoxy) is 1. The zero-order valence-electron chi connectivity index (χ0n) is 17.5. The van der Waals surface area contributed by atoms with E-state index in [2.05, 4.69) is 4.72 Å². The predicted molar refractivity (Wildman–Crippen MR) is 114 cm³/mol. The van der Waals surface area contributed by atoms with Crippen molar-refractivity contribution in [2.24, 2.45) is 0 Å². The van der Waals surface area contributed by atoms with Crippen molar-refractivity contribution >= 4 is 32.6 Å². The van der Waals surface area contributed by atoms with E-state index in [0.29, 0.717) is 42.8 Å². The molecule has 164 valence electrons. The number of nitrogens with one attached hydrogen (secondary N) is 1. The van der Waals surface area contributed by atoms with Gasteiger partial charge in [-0.2, -0.15) is 0 Å². The van der Waals surface area contributed by atoms with Gasteiger partial charge >= 0.3 is 0 Å². The first-order chi connectivity index (χ1) is 14.7.